The number of nitrogens with zero attached hydrogens (tertiary/aromatic N) is 2. The van der Waals surface area contributed by atoms with E-state index in [1.165, 1.54) is 24.4 Å². The Morgan fingerprint density at radius 2 is 2.00 bits per heavy atom. The molecule has 0 saturated carbocycles. The molecule has 0 aliphatic heterocycles. The summed E-state index contributed by atoms with van der Waals surface area (Å²) in [5.74, 6) is -0.501. The number of anilines is 1. The van der Waals surface area contributed by atoms with Crippen LogP contribution in [0.4, 0.5) is 5.69 Å². The number of carbonyl (C=O) groups is 1. The molecule has 6 nitrogen and oxygen atoms in total. The van der Waals surface area contributed by atoms with Gasteiger partial charge in [0, 0.05) is 17.4 Å². The van der Waals surface area contributed by atoms with Crippen LogP contribution in [0.1, 0.15) is 16.1 Å². The minimum absolute atomic E-state index is 0.0843. The lowest BCUT2D eigenvalue weighted by Gasteiger charge is -2.06. The van der Waals surface area contributed by atoms with E-state index in [-0.39, 0.29) is 11.5 Å². The number of nitrogens with one attached hydrogen (secondary N) is 1. The van der Waals surface area contributed by atoms with Crippen LogP contribution in [-0.4, -0.2) is 21.9 Å². The summed E-state index contributed by atoms with van der Waals surface area (Å²) in [6.45, 7) is 0. The number of halogens is 2. The molecule has 0 atom stereocenters. The van der Waals surface area contributed by atoms with E-state index < -0.39 is 5.91 Å². The van der Waals surface area contributed by atoms with E-state index in [0.717, 1.165) is 0 Å². The summed E-state index contributed by atoms with van der Waals surface area (Å²) in [6, 6.07) is 7.71. The van der Waals surface area contributed by atoms with Gasteiger partial charge in [-0.3, -0.25) is 9.78 Å². The molecule has 0 fully saturated rings. The Kier molecular flexibility index (Phi) is 4.62. The highest BCUT2D eigenvalue weighted by Gasteiger charge is 2.09. The molecule has 1 aromatic heterocycles. The van der Waals surface area contributed by atoms with E-state index in [1.807, 2.05) is 0 Å². The average Bonchev–Trinajstić information content (AvgIpc) is 2.50. The smallest absolute Gasteiger partial charge is 0.274 e. The SMILES string of the molecule is NC(=NO)c1ccc(C(=O)Nc2ccc(Cl)c(Cl)c2)nc1. The first-order valence-electron chi connectivity index (χ1n) is 5.71. The van der Waals surface area contributed by atoms with Gasteiger partial charge in [-0.05, 0) is 30.3 Å². The van der Waals surface area contributed by atoms with Gasteiger partial charge in [-0.15, -0.1) is 0 Å². The van der Waals surface area contributed by atoms with Gasteiger partial charge in [-0.2, -0.15) is 0 Å². The average molecular weight is 325 g/mol. The third kappa shape index (κ3) is 3.62. The molecule has 0 radical (unpaired) electrons. The van der Waals surface area contributed by atoms with Crippen molar-refractivity contribution in [2.24, 2.45) is 10.9 Å². The molecule has 8 heteroatoms. The number of benzene rings is 1. The molecule has 1 aromatic carbocycles. The third-order valence-corrected chi connectivity index (χ3v) is 3.32. The van der Waals surface area contributed by atoms with Crippen molar-refractivity contribution in [3.8, 4) is 0 Å². The molecule has 1 heterocycles. The number of carbonyl (C=O) groups excluding carboxylic acids is 1. The van der Waals surface area contributed by atoms with Gasteiger partial charge in [0.1, 0.15) is 5.69 Å². The number of amidine groups is 1. The number of hydrogen-bond donors (Lipinski definition) is 3. The van der Waals surface area contributed by atoms with Gasteiger partial charge < -0.3 is 16.3 Å². The Balaban J connectivity index is 2.14. The maximum absolute atomic E-state index is 12.0. The maximum atomic E-state index is 12.0. The number of pyridine rings is 1. The summed E-state index contributed by atoms with van der Waals surface area (Å²) in [5, 5.41) is 14.8. The minimum atomic E-state index is -0.417. The molecule has 0 unspecified atom stereocenters. The second kappa shape index (κ2) is 6.43. The summed E-state index contributed by atoms with van der Waals surface area (Å²) in [5.41, 5.74) is 6.49. The fourth-order valence-corrected chi connectivity index (χ4v) is 1.80. The highest BCUT2D eigenvalue weighted by Crippen LogP contribution is 2.25. The zero-order chi connectivity index (χ0) is 15.4. The van der Waals surface area contributed by atoms with Crippen molar-refractivity contribution >= 4 is 40.6 Å². The van der Waals surface area contributed by atoms with Gasteiger partial charge in [0.2, 0.25) is 0 Å². The normalized spacial score (nSPS) is 11.2. The van der Waals surface area contributed by atoms with Crippen LogP contribution in [0.5, 0.6) is 0 Å². The predicted molar refractivity (Wildman–Crippen MR) is 81.2 cm³/mol. The quantitative estimate of drug-likeness (QED) is 0.349. The van der Waals surface area contributed by atoms with E-state index >= 15 is 0 Å². The standard InChI is InChI=1S/C13H10Cl2N4O2/c14-9-3-2-8(5-10(9)15)18-13(20)11-4-1-7(6-17-11)12(16)19-21/h1-6,21H,(H2,16,19)(H,18,20). The molecule has 0 aliphatic rings. The third-order valence-electron chi connectivity index (χ3n) is 2.58. The fourth-order valence-electron chi connectivity index (χ4n) is 1.51. The fraction of sp³-hybridized carbons (Fsp3) is 0. The van der Waals surface area contributed by atoms with Crippen LogP contribution in [0.3, 0.4) is 0 Å². The Hall–Kier alpha value is -2.31. The Bertz CT molecular complexity index is 702. The number of oxime groups is 1. The van der Waals surface area contributed by atoms with Crippen molar-refractivity contribution in [2.45, 2.75) is 0 Å². The number of amides is 1. The maximum Gasteiger partial charge on any atom is 0.274 e. The summed E-state index contributed by atoms with van der Waals surface area (Å²) in [4.78, 5) is 15.9. The number of hydrogen-bond acceptors (Lipinski definition) is 4. The minimum Gasteiger partial charge on any atom is -0.409 e. The topological polar surface area (TPSA) is 101 Å². The van der Waals surface area contributed by atoms with Crippen molar-refractivity contribution in [1.29, 1.82) is 0 Å². The van der Waals surface area contributed by atoms with Crippen LogP contribution in [-0.2, 0) is 0 Å². The second-order valence-corrected chi connectivity index (χ2v) is 4.81. The van der Waals surface area contributed by atoms with E-state index in [4.69, 9.17) is 34.1 Å². The molecular weight excluding hydrogens is 315 g/mol. The zero-order valence-corrected chi connectivity index (χ0v) is 12.1. The van der Waals surface area contributed by atoms with E-state index in [0.29, 0.717) is 21.3 Å². The molecule has 0 aliphatic carbocycles. The Morgan fingerprint density at radius 3 is 2.57 bits per heavy atom. The lowest BCUT2D eigenvalue weighted by atomic mass is 10.2. The Labute approximate surface area is 130 Å². The first kappa shape index (κ1) is 15.1. The van der Waals surface area contributed by atoms with Gasteiger partial charge in [0.15, 0.2) is 5.84 Å². The molecule has 4 N–H and O–H groups in total. The monoisotopic (exact) mass is 324 g/mol. The van der Waals surface area contributed by atoms with Crippen molar-refractivity contribution in [3.05, 3.63) is 57.8 Å². The molecule has 21 heavy (non-hydrogen) atoms. The highest BCUT2D eigenvalue weighted by atomic mass is 35.5. The lowest BCUT2D eigenvalue weighted by molar-refractivity contribution is 0.102. The van der Waals surface area contributed by atoms with Gasteiger partial charge >= 0.3 is 0 Å². The lowest BCUT2D eigenvalue weighted by Crippen LogP contribution is -2.16. The van der Waals surface area contributed by atoms with Crippen LogP contribution in [0.25, 0.3) is 0 Å². The Morgan fingerprint density at radius 1 is 1.24 bits per heavy atom. The molecule has 0 saturated heterocycles. The van der Waals surface area contributed by atoms with E-state index in [2.05, 4.69) is 15.5 Å². The van der Waals surface area contributed by atoms with Crippen molar-refractivity contribution in [3.63, 3.8) is 0 Å². The molecule has 2 rings (SSSR count). The van der Waals surface area contributed by atoms with Crippen molar-refractivity contribution in [1.82, 2.24) is 4.98 Å². The molecule has 108 valence electrons. The van der Waals surface area contributed by atoms with E-state index in [1.54, 1.807) is 12.1 Å². The molecular formula is C13H10Cl2N4O2. The van der Waals surface area contributed by atoms with Gasteiger partial charge in [-0.1, -0.05) is 28.4 Å². The molecule has 0 spiro atoms. The van der Waals surface area contributed by atoms with Gasteiger partial charge in [0.05, 0.1) is 10.0 Å². The summed E-state index contributed by atoms with van der Waals surface area (Å²) < 4.78 is 0. The highest BCUT2D eigenvalue weighted by molar-refractivity contribution is 6.42. The molecule has 1 amide bonds. The van der Waals surface area contributed by atoms with Crippen LogP contribution in [0.2, 0.25) is 10.0 Å². The van der Waals surface area contributed by atoms with Gasteiger partial charge in [-0.25, -0.2) is 0 Å². The first-order chi connectivity index (χ1) is 10.0. The number of aromatic nitrogens is 1. The largest absolute Gasteiger partial charge is 0.409 e. The van der Waals surface area contributed by atoms with E-state index in [9.17, 15) is 4.79 Å². The van der Waals surface area contributed by atoms with Crippen molar-refractivity contribution in [2.75, 3.05) is 5.32 Å². The van der Waals surface area contributed by atoms with Crippen LogP contribution < -0.4 is 11.1 Å². The number of rotatable bonds is 3. The zero-order valence-electron chi connectivity index (χ0n) is 10.5. The van der Waals surface area contributed by atoms with Crippen molar-refractivity contribution < 1.29 is 10.0 Å². The summed E-state index contributed by atoms with van der Waals surface area (Å²) in [6.07, 6.45) is 1.33. The van der Waals surface area contributed by atoms with Crippen LogP contribution in [0, 0.1) is 0 Å². The summed E-state index contributed by atoms with van der Waals surface area (Å²) >= 11 is 11.7. The second-order valence-electron chi connectivity index (χ2n) is 4.00. The molecule has 0 bridgehead atoms. The van der Waals surface area contributed by atoms with Crippen LogP contribution in [0.15, 0.2) is 41.7 Å². The predicted octanol–water partition coefficient (Wildman–Crippen LogP) is 2.74. The molecule has 2 aromatic rings. The number of nitrogens with two attached hydrogens (primary N) is 1. The van der Waals surface area contributed by atoms with Gasteiger partial charge in [0.25, 0.3) is 5.91 Å². The first-order valence-corrected chi connectivity index (χ1v) is 6.47. The summed E-state index contributed by atoms with van der Waals surface area (Å²) in [7, 11) is 0. The van der Waals surface area contributed by atoms with Crippen LogP contribution >= 0.6 is 23.2 Å².